The van der Waals surface area contributed by atoms with Crippen LogP contribution >= 0.6 is 31.9 Å². The number of carbonyl (C=O) groups excluding carboxylic acids is 1. The monoisotopic (exact) mass is 419 g/mol. The molecule has 7 heteroatoms. The summed E-state index contributed by atoms with van der Waals surface area (Å²) < 4.78 is 14.0. The summed E-state index contributed by atoms with van der Waals surface area (Å²) in [7, 11) is 0. The van der Waals surface area contributed by atoms with E-state index in [1.807, 2.05) is 0 Å². The Hall–Kier alpha value is -1.21. The number of halogens is 3. The summed E-state index contributed by atoms with van der Waals surface area (Å²) >= 11 is 6.36. The Bertz CT molecular complexity index is 595. The van der Waals surface area contributed by atoms with Gasteiger partial charge in [0, 0.05) is 8.95 Å². The van der Waals surface area contributed by atoms with Gasteiger partial charge in [-0.15, -0.1) is 0 Å². The second kappa shape index (κ2) is 6.70. The highest BCUT2D eigenvalue weighted by molar-refractivity contribution is 9.11. The number of benzene rings is 1. The van der Waals surface area contributed by atoms with Gasteiger partial charge in [-0.3, -0.25) is 9.59 Å². The SMILES string of the molecule is O=C(O)[C@@H]1CC=CC[C@H]1C(=O)Nc1c(Br)cc(F)cc1Br. The Morgan fingerprint density at radius 3 is 2.19 bits per heavy atom. The number of rotatable bonds is 3. The number of carboxylic acids is 1. The number of nitrogens with one attached hydrogen (secondary N) is 1. The van der Waals surface area contributed by atoms with Gasteiger partial charge in [-0.2, -0.15) is 0 Å². The van der Waals surface area contributed by atoms with Crippen molar-refractivity contribution in [2.45, 2.75) is 12.8 Å². The first-order chi connectivity index (χ1) is 9.90. The molecule has 2 rings (SSSR count). The van der Waals surface area contributed by atoms with Crippen LogP contribution in [0.15, 0.2) is 33.2 Å². The lowest BCUT2D eigenvalue weighted by atomic mass is 9.82. The molecule has 0 saturated heterocycles. The second-order valence-electron chi connectivity index (χ2n) is 4.73. The molecule has 1 amide bonds. The Morgan fingerprint density at radius 1 is 1.14 bits per heavy atom. The van der Waals surface area contributed by atoms with E-state index in [-0.39, 0.29) is 5.91 Å². The first-order valence-electron chi connectivity index (χ1n) is 6.23. The third-order valence-electron chi connectivity index (χ3n) is 3.34. The lowest BCUT2D eigenvalue weighted by Crippen LogP contribution is -2.34. The second-order valence-corrected chi connectivity index (χ2v) is 6.44. The van der Waals surface area contributed by atoms with Crippen molar-refractivity contribution in [3.05, 3.63) is 39.0 Å². The molecule has 0 unspecified atom stereocenters. The van der Waals surface area contributed by atoms with Crippen LogP contribution in [0.25, 0.3) is 0 Å². The molecule has 0 fully saturated rings. The van der Waals surface area contributed by atoms with Crippen molar-refractivity contribution in [2.24, 2.45) is 11.8 Å². The largest absolute Gasteiger partial charge is 0.481 e. The van der Waals surface area contributed by atoms with E-state index in [0.29, 0.717) is 27.5 Å². The summed E-state index contributed by atoms with van der Waals surface area (Å²) in [6.07, 6.45) is 4.28. The Kier molecular flexibility index (Phi) is 5.16. The molecule has 1 aromatic rings. The average Bonchev–Trinajstić information content (AvgIpc) is 2.42. The standard InChI is InChI=1S/C14H12Br2FNO3/c15-10-5-7(17)6-11(16)12(10)18-13(19)8-3-1-2-4-9(8)14(20)21/h1-2,5-6,8-9H,3-4H2,(H,18,19)(H,20,21)/t8-,9-/m1/s1. The van der Waals surface area contributed by atoms with Crippen molar-refractivity contribution in [1.29, 1.82) is 0 Å². The molecule has 0 saturated carbocycles. The molecule has 21 heavy (non-hydrogen) atoms. The van der Waals surface area contributed by atoms with Crippen molar-refractivity contribution >= 4 is 49.4 Å². The fraction of sp³-hybridized carbons (Fsp3) is 0.286. The molecule has 2 N–H and O–H groups in total. The van der Waals surface area contributed by atoms with Crippen LogP contribution in [0.1, 0.15) is 12.8 Å². The maximum Gasteiger partial charge on any atom is 0.307 e. The van der Waals surface area contributed by atoms with Crippen molar-refractivity contribution in [3.8, 4) is 0 Å². The molecule has 0 bridgehead atoms. The fourth-order valence-electron chi connectivity index (χ4n) is 2.25. The van der Waals surface area contributed by atoms with E-state index >= 15 is 0 Å². The number of anilines is 1. The lowest BCUT2D eigenvalue weighted by molar-refractivity contribution is -0.146. The topological polar surface area (TPSA) is 66.4 Å². The Balaban J connectivity index is 2.21. The fourth-order valence-corrected chi connectivity index (χ4v) is 3.58. The number of aliphatic carboxylic acids is 1. The minimum Gasteiger partial charge on any atom is -0.481 e. The smallest absolute Gasteiger partial charge is 0.307 e. The zero-order chi connectivity index (χ0) is 15.6. The van der Waals surface area contributed by atoms with Gasteiger partial charge in [-0.1, -0.05) is 12.2 Å². The van der Waals surface area contributed by atoms with Crippen molar-refractivity contribution < 1.29 is 19.1 Å². The van der Waals surface area contributed by atoms with Crippen LogP contribution in [0.3, 0.4) is 0 Å². The molecule has 0 aliphatic heterocycles. The van der Waals surface area contributed by atoms with Crippen LogP contribution < -0.4 is 5.32 Å². The number of hydrogen-bond donors (Lipinski definition) is 2. The summed E-state index contributed by atoms with van der Waals surface area (Å²) in [6, 6.07) is 2.46. The van der Waals surface area contributed by atoms with E-state index in [2.05, 4.69) is 37.2 Å². The molecule has 4 nitrogen and oxygen atoms in total. The van der Waals surface area contributed by atoms with Gasteiger partial charge in [0.1, 0.15) is 5.82 Å². The van der Waals surface area contributed by atoms with E-state index in [1.54, 1.807) is 12.2 Å². The van der Waals surface area contributed by atoms with Gasteiger partial charge in [0.05, 0.1) is 17.5 Å². The van der Waals surface area contributed by atoms with Crippen LogP contribution in [-0.2, 0) is 9.59 Å². The molecule has 0 heterocycles. The first-order valence-corrected chi connectivity index (χ1v) is 7.82. The van der Waals surface area contributed by atoms with Crippen LogP contribution in [0.4, 0.5) is 10.1 Å². The number of carboxylic acid groups (broad SMARTS) is 1. The molecule has 112 valence electrons. The zero-order valence-corrected chi connectivity index (χ0v) is 13.9. The zero-order valence-electron chi connectivity index (χ0n) is 10.8. The summed E-state index contributed by atoms with van der Waals surface area (Å²) in [5, 5.41) is 11.9. The van der Waals surface area contributed by atoms with E-state index in [9.17, 15) is 19.1 Å². The number of hydrogen-bond acceptors (Lipinski definition) is 2. The van der Waals surface area contributed by atoms with Crippen molar-refractivity contribution in [1.82, 2.24) is 0 Å². The molecule has 2 atom stereocenters. The van der Waals surface area contributed by atoms with Gasteiger partial charge >= 0.3 is 5.97 Å². The number of amides is 1. The van der Waals surface area contributed by atoms with E-state index < -0.39 is 23.6 Å². The van der Waals surface area contributed by atoms with Gasteiger partial charge in [0.2, 0.25) is 5.91 Å². The molecule has 1 aliphatic carbocycles. The Morgan fingerprint density at radius 2 is 1.67 bits per heavy atom. The maximum absolute atomic E-state index is 13.2. The average molecular weight is 421 g/mol. The highest BCUT2D eigenvalue weighted by Gasteiger charge is 2.34. The summed E-state index contributed by atoms with van der Waals surface area (Å²) in [5.74, 6) is -3.21. The molecule has 1 aliphatic rings. The number of carbonyl (C=O) groups is 2. The normalized spacial score (nSPS) is 21.1. The molecule has 0 aromatic heterocycles. The lowest BCUT2D eigenvalue weighted by Gasteiger charge is -2.24. The van der Waals surface area contributed by atoms with Crippen LogP contribution in [-0.4, -0.2) is 17.0 Å². The first kappa shape index (κ1) is 16.2. The number of allylic oxidation sites excluding steroid dienone is 2. The molecule has 0 radical (unpaired) electrons. The Labute approximate surface area is 137 Å². The summed E-state index contributed by atoms with van der Waals surface area (Å²) in [4.78, 5) is 23.5. The maximum atomic E-state index is 13.2. The van der Waals surface area contributed by atoms with Gasteiger partial charge in [0.15, 0.2) is 0 Å². The third-order valence-corrected chi connectivity index (χ3v) is 4.59. The minimum absolute atomic E-state index is 0.333. The molecule has 0 spiro atoms. The summed E-state index contributed by atoms with van der Waals surface area (Å²) in [6.45, 7) is 0. The van der Waals surface area contributed by atoms with Crippen LogP contribution in [0.2, 0.25) is 0 Å². The van der Waals surface area contributed by atoms with Crippen LogP contribution in [0.5, 0.6) is 0 Å². The van der Waals surface area contributed by atoms with E-state index in [4.69, 9.17) is 0 Å². The highest BCUT2D eigenvalue weighted by Crippen LogP contribution is 2.34. The van der Waals surface area contributed by atoms with E-state index in [0.717, 1.165) is 0 Å². The molecular formula is C14H12Br2FNO3. The third kappa shape index (κ3) is 3.71. The molecule has 1 aromatic carbocycles. The predicted octanol–water partition coefficient (Wildman–Crippen LogP) is 3.96. The van der Waals surface area contributed by atoms with Crippen LogP contribution in [0, 0.1) is 17.7 Å². The van der Waals surface area contributed by atoms with Gasteiger partial charge in [-0.05, 0) is 56.8 Å². The van der Waals surface area contributed by atoms with E-state index in [1.165, 1.54) is 12.1 Å². The minimum atomic E-state index is -0.989. The van der Waals surface area contributed by atoms with Gasteiger partial charge in [-0.25, -0.2) is 4.39 Å². The van der Waals surface area contributed by atoms with Crippen molar-refractivity contribution in [2.75, 3.05) is 5.32 Å². The highest BCUT2D eigenvalue weighted by atomic mass is 79.9. The predicted molar refractivity (Wildman–Crippen MR) is 83.4 cm³/mol. The molecular weight excluding hydrogens is 409 g/mol. The van der Waals surface area contributed by atoms with Crippen molar-refractivity contribution in [3.63, 3.8) is 0 Å². The van der Waals surface area contributed by atoms with Gasteiger partial charge in [0.25, 0.3) is 0 Å². The summed E-state index contributed by atoms with van der Waals surface area (Å²) in [5.41, 5.74) is 0.389. The van der Waals surface area contributed by atoms with Gasteiger partial charge < -0.3 is 10.4 Å². The quantitative estimate of drug-likeness (QED) is 0.727.